The Kier molecular flexibility index (Phi) is 6.54. The average Bonchev–Trinajstić information content (AvgIpc) is 3.14. The van der Waals surface area contributed by atoms with Gasteiger partial charge in [0.2, 0.25) is 5.91 Å². The van der Waals surface area contributed by atoms with E-state index in [-0.39, 0.29) is 5.91 Å². The van der Waals surface area contributed by atoms with E-state index < -0.39 is 5.60 Å². The second-order valence-corrected chi connectivity index (χ2v) is 7.71. The van der Waals surface area contributed by atoms with Crippen LogP contribution in [0.5, 0.6) is 5.75 Å². The summed E-state index contributed by atoms with van der Waals surface area (Å²) >= 11 is 0. The van der Waals surface area contributed by atoms with Gasteiger partial charge < -0.3 is 19.5 Å². The van der Waals surface area contributed by atoms with Crippen molar-refractivity contribution in [3.05, 3.63) is 29.8 Å². The van der Waals surface area contributed by atoms with Crippen molar-refractivity contribution < 1.29 is 19.4 Å². The Bertz CT molecular complexity index is 589. The third-order valence-electron chi connectivity index (χ3n) is 5.59. The molecule has 1 aromatic rings. The average molecular weight is 361 g/mol. The summed E-state index contributed by atoms with van der Waals surface area (Å²) in [6.45, 7) is 1.54. The summed E-state index contributed by atoms with van der Waals surface area (Å²) in [7, 11) is 1.60. The molecule has 0 aromatic heterocycles. The van der Waals surface area contributed by atoms with E-state index in [1.54, 1.807) is 7.11 Å². The molecule has 2 aliphatic rings. The molecule has 26 heavy (non-hydrogen) atoms. The minimum atomic E-state index is -0.780. The third-order valence-corrected chi connectivity index (χ3v) is 5.59. The zero-order valence-electron chi connectivity index (χ0n) is 15.8. The fourth-order valence-corrected chi connectivity index (χ4v) is 3.97. The maximum Gasteiger partial charge on any atom is 0.222 e. The smallest absolute Gasteiger partial charge is 0.222 e. The van der Waals surface area contributed by atoms with Crippen LogP contribution in [0.15, 0.2) is 24.3 Å². The van der Waals surface area contributed by atoms with Gasteiger partial charge in [0.25, 0.3) is 0 Å². The number of piperidine rings is 1. The van der Waals surface area contributed by atoms with Crippen molar-refractivity contribution in [2.45, 2.75) is 63.1 Å². The third kappa shape index (κ3) is 5.21. The summed E-state index contributed by atoms with van der Waals surface area (Å²) in [6.07, 6.45) is 7.54. The molecule has 2 fully saturated rings. The Labute approximate surface area is 156 Å². The van der Waals surface area contributed by atoms with Gasteiger partial charge in [-0.2, -0.15) is 0 Å². The minimum Gasteiger partial charge on any atom is -0.490 e. The molecular formula is C21H31NO4. The fourth-order valence-electron chi connectivity index (χ4n) is 3.97. The minimum absolute atomic E-state index is 0.159. The van der Waals surface area contributed by atoms with E-state index in [0.29, 0.717) is 45.1 Å². The molecule has 1 heterocycles. The first kappa shape index (κ1) is 19.2. The zero-order valence-corrected chi connectivity index (χ0v) is 15.8. The number of nitrogens with zero attached hydrogens (tertiary/aromatic N) is 1. The SMILES string of the molecule is COCC1(O)CCN(C(=O)CCc2cccc(OC3CCCC3)c2)CC1. The van der Waals surface area contributed by atoms with E-state index in [0.717, 1.165) is 30.6 Å². The zero-order chi connectivity index (χ0) is 18.4. The number of amides is 1. The summed E-state index contributed by atoms with van der Waals surface area (Å²) in [5, 5.41) is 10.3. The molecule has 5 nitrogen and oxygen atoms in total. The van der Waals surface area contributed by atoms with Gasteiger partial charge in [0, 0.05) is 26.6 Å². The van der Waals surface area contributed by atoms with E-state index >= 15 is 0 Å². The molecule has 0 bridgehead atoms. The predicted molar refractivity (Wildman–Crippen MR) is 100 cm³/mol. The van der Waals surface area contributed by atoms with Gasteiger partial charge in [-0.05, 0) is 62.6 Å². The summed E-state index contributed by atoms with van der Waals surface area (Å²) in [5.41, 5.74) is 0.360. The van der Waals surface area contributed by atoms with Crippen LogP contribution in [0.4, 0.5) is 0 Å². The maximum absolute atomic E-state index is 12.5. The highest BCUT2D eigenvalue weighted by Gasteiger charge is 2.33. The Hall–Kier alpha value is -1.59. The lowest BCUT2D eigenvalue weighted by Crippen LogP contribution is -2.48. The number of benzene rings is 1. The maximum atomic E-state index is 12.5. The molecule has 1 aliphatic heterocycles. The van der Waals surface area contributed by atoms with Gasteiger partial charge in [0.15, 0.2) is 0 Å². The molecule has 1 aliphatic carbocycles. The van der Waals surface area contributed by atoms with Crippen LogP contribution in [0.25, 0.3) is 0 Å². The van der Waals surface area contributed by atoms with Crippen molar-refractivity contribution in [2.24, 2.45) is 0 Å². The summed E-state index contributed by atoms with van der Waals surface area (Å²) < 4.78 is 11.1. The Morgan fingerprint density at radius 1 is 1.27 bits per heavy atom. The van der Waals surface area contributed by atoms with Crippen LogP contribution in [0.3, 0.4) is 0 Å². The van der Waals surface area contributed by atoms with Crippen LogP contribution < -0.4 is 4.74 Å². The van der Waals surface area contributed by atoms with Crippen molar-refractivity contribution in [3.63, 3.8) is 0 Å². The summed E-state index contributed by atoms with van der Waals surface area (Å²) in [5.74, 6) is 1.08. The first-order valence-corrected chi connectivity index (χ1v) is 9.83. The van der Waals surface area contributed by atoms with Gasteiger partial charge in [0.1, 0.15) is 5.75 Å². The fraction of sp³-hybridized carbons (Fsp3) is 0.667. The normalized spacial score (nSPS) is 20.3. The number of methoxy groups -OCH3 is 1. The number of ether oxygens (including phenoxy) is 2. The van der Waals surface area contributed by atoms with Crippen molar-refractivity contribution in [1.82, 2.24) is 4.90 Å². The number of aliphatic hydroxyl groups is 1. The molecular weight excluding hydrogens is 330 g/mol. The lowest BCUT2D eigenvalue weighted by molar-refractivity contribution is -0.137. The first-order valence-electron chi connectivity index (χ1n) is 9.83. The van der Waals surface area contributed by atoms with E-state index in [2.05, 4.69) is 12.1 Å². The highest BCUT2D eigenvalue weighted by molar-refractivity contribution is 5.76. The van der Waals surface area contributed by atoms with Crippen LogP contribution in [0.2, 0.25) is 0 Å². The van der Waals surface area contributed by atoms with Crippen molar-refractivity contribution in [3.8, 4) is 5.75 Å². The number of carbonyl (C=O) groups is 1. The first-order chi connectivity index (χ1) is 12.6. The molecule has 144 valence electrons. The van der Waals surface area contributed by atoms with Gasteiger partial charge in [-0.15, -0.1) is 0 Å². The van der Waals surface area contributed by atoms with Crippen LogP contribution in [0, 0.1) is 0 Å². The second kappa shape index (κ2) is 8.87. The van der Waals surface area contributed by atoms with Gasteiger partial charge >= 0.3 is 0 Å². The van der Waals surface area contributed by atoms with E-state index in [1.807, 2.05) is 17.0 Å². The predicted octanol–water partition coefficient (Wildman–Crippen LogP) is 2.94. The molecule has 1 saturated carbocycles. The van der Waals surface area contributed by atoms with E-state index in [4.69, 9.17) is 9.47 Å². The number of aryl methyl sites for hydroxylation is 1. The molecule has 1 saturated heterocycles. The van der Waals surface area contributed by atoms with Crippen LogP contribution >= 0.6 is 0 Å². The molecule has 1 N–H and O–H groups in total. The number of likely N-dealkylation sites (tertiary alicyclic amines) is 1. The largest absolute Gasteiger partial charge is 0.490 e. The highest BCUT2D eigenvalue weighted by Crippen LogP contribution is 2.26. The molecule has 0 unspecified atom stereocenters. The van der Waals surface area contributed by atoms with Crippen LogP contribution in [0.1, 0.15) is 50.5 Å². The van der Waals surface area contributed by atoms with Gasteiger partial charge in [-0.25, -0.2) is 0 Å². The van der Waals surface area contributed by atoms with Gasteiger partial charge in [0.05, 0.1) is 18.3 Å². The summed E-state index contributed by atoms with van der Waals surface area (Å²) in [6, 6.07) is 8.14. The molecule has 1 amide bonds. The summed E-state index contributed by atoms with van der Waals surface area (Å²) in [4.78, 5) is 14.3. The van der Waals surface area contributed by atoms with Crippen LogP contribution in [-0.2, 0) is 16.0 Å². The lowest BCUT2D eigenvalue weighted by atomic mass is 9.92. The molecule has 0 spiro atoms. The van der Waals surface area contributed by atoms with Crippen molar-refractivity contribution >= 4 is 5.91 Å². The van der Waals surface area contributed by atoms with E-state index in [9.17, 15) is 9.90 Å². The van der Waals surface area contributed by atoms with Gasteiger partial charge in [-0.3, -0.25) is 4.79 Å². The molecule has 0 atom stereocenters. The highest BCUT2D eigenvalue weighted by atomic mass is 16.5. The number of carbonyl (C=O) groups excluding carboxylic acids is 1. The number of rotatable bonds is 7. The Balaban J connectivity index is 1.46. The topological polar surface area (TPSA) is 59.0 Å². The van der Waals surface area contributed by atoms with Crippen molar-refractivity contribution in [1.29, 1.82) is 0 Å². The van der Waals surface area contributed by atoms with Crippen LogP contribution in [-0.4, -0.2) is 54.4 Å². The molecule has 0 radical (unpaired) electrons. The quantitative estimate of drug-likeness (QED) is 0.811. The monoisotopic (exact) mass is 361 g/mol. The van der Waals surface area contributed by atoms with E-state index in [1.165, 1.54) is 12.8 Å². The molecule has 5 heteroatoms. The molecule has 3 rings (SSSR count). The Morgan fingerprint density at radius 2 is 2.00 bits per heavy atom. The van der Waals surface area contributed by atoms with Crippen molar-refractivity contribution in [2.75, 3.05) is 26.8 Å². The standard InChI is InChI=1S/C21H31NO4/c1-25-16-21(24)11-13-22(14-12-21)20(23)10-9-17-5-4-8-19(15-17)26-18-6-2-3-7-18/h4-5,8,15,18,24H,2-3,6-7,9-14,16H2,1H3. The Morgan fingerprint density at radius 3 is 2.69 bits per heavy atom. The molecule has 1 aromatic carbocycles. The van der Waals surface area contributed by atoms with Gasteiger partial charge in [-0.1, -0.05) is 12.1 Å². The number of hydrogen-bond donors (Lipinski definition) is 1. The lowest BCUT2D eigenvalue weighted by Gasteiger charge is -2.37. The number of hydrogen-bond acceptors (Lipinski definition) is 4. The second-order valence-electron chi connectivity index (χ2n) is 7.71.